The van der Waals surface area contributed by atoms with Crippen LogP contribution in [0.15, 0.2) is 0 Å². The highest BCUT2D eigenvalue weighted by molar-refractivity contribution is 4.48. The molecular weight excluding hydrogens is 150 g/mol. The molecule has 0 heterocycles. The van der Waals surface area contributed by atoms with Crippen molar-refractivity contribution in [1.82, 2.24) is 15.1 Å². The average molecular weight is 173 g/mol. The standard InChI is InChI=1S/C9H23N3/c1-6-11(7-2)10(5)12(8-3)9-4/h6-9H2,1-5H3. The third-order valence-electron chi connectivity index (χ3n) is 2.28. The van der Waals surface area contributed by atoms with Crippen molar-refractivity contribution in [2.45, 2.75) is 27.7 Å². The molecule has 0 saturated heterocycles. The summed E-state index contributed by atoms with van der Waals surface area (Å²) in [5.74, 6) is 0. The largest absolute Gasteiger partial charge is 0.229 e. The molecule has 0 unspecified atom stereocenters. The molecule has 0 N–H and O–H groups in total. The highest BCUT2D eigenvalue weighted by Gasteiger charge is 2.11. The maximum atomic E-state index is 2.31. The molecule has 3 heteroatoms. The van der Waals surface area contributed by atoms with Gasteiger partial charge in [-0.1, -0.05) is 27.7 Å². The number of rotatable bonds is 6. The topological polar surface area (TPSA) is 9.72 Å². The van der Waals surface area contributed by atoms with Crippen LogP contribution in [0.5, 0.6) is 0 Å². The fraction of sp³-hybridized carbons (Fsp3) is 1.00. The fourth-order valence-electron chi connectivity index (χ4n) is 1.44. The molecule has 74 valence electrons. The Morgan fingerprint density at radius 3 is 1.08 bits per heavy atom. The summed E-state index contributed by atoms with van der Waals surface area (Å²) < 4.78 is 0. The number of nitrogens with zero attached hydrogens (tertiary/aromatic N) is 3. The quantitative estimate of drug-likeness (QED) is 0.563. The van der Waals surface area contributed by atoms with E-state index in [2.05, 4.69) is 49.9 Å². The lowest BCUT2D eigenvalue weighted by molar-refractivity contribution is -0.157. The third kappa shape index (κ3) is 3.09. The predicted molar refractivity (Wildman–Crippen MR) is 53.6 cm³/mol. The van der Waals surface area contributed by atoms with E-state index in [-0.39, 0.29) is 0 Å². The molecule has 0 atom stereocenters. The van der Waals surface area contributed by atoms with Crippen LogP contribution < -0.4 is 0 Å². The molecule has 0 saturated carbocycles. The van der Waals surface area contributed by atoms with Gasteiger partial charge in [0.15, 0.2) is 0 Å². The summed E-state index contributed by atoms with van der Waals surface area (Å²) in [6.45, 7) is 13.0. The minimum atomic E-state index is 1.07. The van der Waals surface area contributed by atoms with Gasteiger partial charge in [0.2, 0.25) is 0 Å². The second-order valence-corrected chi connectivity index (χ2v) is 2.77. The Labute approximate surface area is 76.9 Å². The fourth-order valence-corrected chi connectivity index (χ4v) is 1.44. The first-order valence-electron chi connectivity index (χ1n) is 4.94. The molecule has 0 aromatic carbocycles. The number of hydrogen-bond acceptors (Lipinski definition) is 3. The van der Waals surface area contributed by atoms with Crippen molar-refractivity contribution >= 4 is 0 Å². The average Bonchev–Trinajstić information content (AvgIpc) is 2.09. The molecule has 0 fully saturated rings. The first kappa shape index (κ1) is 11.9. The van der Waals surface area contributed by atoms with Crippen LogP contribution in [0.25, 0.3) is 0 Å². The van der Waals surface area contributed by atoms with Gasteiger partial charge in [-0.05, 0) is 0 Å². The van der Waals surface area contributed by atoms with Crippen molar-refractivity contribution in [1.29, 1.82) is 0 Å². The van der Waals surface area contributed by atoms with Gasteiger partial charge >= 0.3 is 0 Å². The molecule has 0 aliphatic carbocycles. The Balaban J connectivity index is 4.02. The molecule has 0 aromatic heterocycles. The van der Waals surface area contributed by atoms with E-state index in [9.17, 15) is 0 Å². The van der Waals surface area contributed by atoms with Gasteiger partial charge < -0.3 is 0 Å². The molecular formula is C9H23N3. The van der Waals surface area contributed by atoms with E-state index in [0.717, 1.165) is 26.2 Å². The number of hydrogen-bond donors (Lipinski definition) is 0. The van der Waals surface area contributed by atoms with Crippen LogP contribution in [0.1, 0.15) is 27.7 Å². The molecule has 0 radical (unpaired) electrons. The smallest absolute Gasteiger partial charge is 0.0179 e. The molecule has 0 rings (SSSR count). The van der Waals surface area contributed by atoms with Crippen LogP contribution >= 0.6 is 0 Å². The molecule has 0 aliphatic heterocycles. The summed E-state index contributed by atoms with van der Waals surface area (Å²) >= 11 is 0. The monoisotopic (exact) mass is 173 g/mol. The molecule has 0 bridgehead atoms. The Morgan fingerprint density at radius 1 is 0.667 bits per heavy atom. The van der Waals surface area contributed by atoms with Gasteiger partial charge in [0, 0.05) is 33.2 Å². The van der Waals surface area contributed by atoms with Crippen LogP contribution in [-0.4, -0.2) is 48.4 Å². The van der Waals surface area contributed by atoms with E-state index in [4.69, 9.17) is 0 Å². The Bertz CT molecular complexity index is 85.9. The van der Waals surface area contributed by atoms with E-state index in [1.807, 2.05) is 0 Å². The summed E-state index contributed by atoms with van der Waals surface area (Å²) in [5, 5.41) is 6.85. The molecule has 3 nitrogen and oxygen atoms in total. The molecule has 12 heavy (non-hydrogen) atoms. The van der Waals surface area contributed by atoms with Crippen LogP contribution in [0.3, 0.4) is 0 Å². The summed E-state index contributed by atoms with van der Waals surface area (Å²) in [7, 11) is 2.12. The molecule has 0 amide bonds. The molecule has 0 spiro atoms. The lowest BCUT2D eigenvalue weighted by atomic mass is 10.6. The Kier molecular flexibility index (Phi) is 6.34. The zero-order valence-corrected chi connectivity index (χ0v) is 9.17. The van der Waals surface area contributed by atoms with Crippen molar-refractivity contribution in [2.24, 2.45) is 0 Å². The lowest BCUT2D eigenvalue weighted by Gasteiger charge is -2.37. The predicted octanol–water partition coefficient (Wildman–Crippen LogP) is 1.43. The van der Waals surface area contributed by atoms with Crippen molar-refractivity contribution in [3.8, 4) is 0 Å². The van der Waals surface area contributed by atoms with Gasteiger partial charge in [-0.2, -0.15) is 5.12 Å². The third-order valence-corrected chi connectivity index (χ3v) is 2.28. The highest BCUT2D eigenvalue weighted by Crippen LogP contribution is 1.99. The van der Waals surface area contributed by atoms with E-state index in [0.29, 0.717) is 0 Å². The van der Waals surface area contributed by atoms with E-state index in [1.54, 1.807) is 0 Å². The van der Waals surface area contributed by atoms with Gasteiger partial charge in [0.25, 0.3) is 0 Å². The van der Waals surface area contributed by atoms with Crippen molar-refractivity contribution in [2.75, 3.05) is 33.2 Å². The second-order valence-electron chi connectivity index (χ2n) is 2.77. The first-order chi connectivity index (χ1) is 5.71. The maximum absolute atomic E-state index is 2.31. The second kappa shape index (κ2) is 6.40. The van der Waals surface area contributed by atoms with Crippen LogP contribution in [0.2, 0.25) is 0 Å². The minimum absolute atomic E-state index is 1.07. The van der Waals surface area contributed by atoms with Crippen LogP contribution in [0.4, 0.5) is 0 Å². The number of hydrazine groups is 2. The normalized spacial score (nSPS) is 12.0. The SMILES string of the molecule is CCN(CC)N(C)N(CC)CC. The Hall–Kier alpha value is -0.120. The van der Waals surface area contributed by atoms with Gasteiger partial charge in [-0.15, -0.1) is 0 Å². The zero-order chi connectivity index (χ0) is 9.56. The molecule has 0 aromatic rings. The summed E-state index contributed by atoms with van der Waals surface area (Å²) in [6, 6.07) is 0. The van der Waals surface area contributed by atoms with Gasteiger partial charge in [0.05, 0.1) is 0 Å². The van der Waals surface area contributed by atoms with Crippen LogP contribution in [-0.2, 0) is 0 Å². The highest BCUT2D eigenvalue weighted by atomic mass is 15.8. The summed E-state index contributed by atoms with van der Waals surface area (Å²) in [6.07, 6.45) is 0. The lowest BCUT2D eigenvalue weighted by Crippen LogP contribution is -2.50. The summed E-state index contributed by atoms with van der Waals surface area (Å²) in [5.41, 5.74) is 0. The van der Waals surface area contributed by atoms with Crippen LogP contribution in [0, 0.1) is 0 Å². The molecule has 0 aliphatic rings. The van der Waals surface area contributed by atoms with Crippen molar-refractivity contribution in [3.63, 3.8) is 0 Å². The zero-order valence-electron chi connectivity index (χ0n) is 9.17. The van der Waals surface area contributed by atoms with E-state index in [1.165, 1.54) is 0 Å². The summed E-state index contributed by atoms with van der Waals surface area (Å²) in [4.78, 5) is 0. The van der Waals surface area contributed by atoms with Gasteiger partial charge in [-0.25, -0.2) is 10.0 Å². The first-order valence-corrected chi connectivity index (χ1v) is 4.94. The maximum Gasteiger partial charge on any atom is 0.0179 e. The van der Waals surface area contributed by atoms with Gasteiger partial charge in [-0.3, -0.25) is 0 Å². The van der Waals surface area contributed by atoms with E-state index >= 15 is 0 Å². The van der Waals surface area contributed by atoms with Crippen molar-refractivity contribution < 1.29 is 0 Å². The minimum Gasteiger partial charge on any atom is -0.229 e. The van der Waals surface area contributed by atoms with Gasteiger partial charge in [0.1, 0.15) is 0 Å². The Morgan fingerprint density at radius 2 is 0.917 bits per heavy atom. The van der Waals surface area contributed by atoms with Crippen molar-refractivity contribution in [3.05, 3.63) is 0 Å². The van der Waals surface area contributed by atoms with E-state index < -0.39 is 0 Å².